The van der Waals surface area contributed by atoms with Gasteiger partial charge in [-0.15, -0.1) is 0 Å². The number of hydrogen-bond acceptors (Lipinski definition) is 5. The Morgan fingerprint density at radius 3 is 2.72 bits per heavy atom. The zero-order chi connectivity index (χ0) is 13.1. The van der Waals surface area contributed by atoms with Crippen LogP contribution >= 0.6 is 0 Å². The maximum atomic E-state index is 5.76. The topological polar surface area (TPSA) is 77.0 Å². The highest BCUT2D eigenvalue weighted by molar-refractivity contribution is 5.45. The van der Waals surface area contributed by atoms with Crippen molar-refractivity contribution in [1.29, 1.82) is 0 Å². The van der Waals surface area contributed by atoms with E-state index < -0.39 is 0 Å². The van der Waals surface area contributed by atoms with Gasteiger partial charge in [-0.2, -0.15) is 0 Å². The van der Waals surface area contributed by atoms with E-state index in [1.165, 1.54) is 0 Å². The minimum Gasteiger partial charge on any atom is -0.465 e. The van der Waals surface area contributed by atoms with E-state index in [0.29, 0.717) is 12.4 Å². The van der Waals surface area contributed by atoms with Crippen molar-refractivity contribution < 1.29 is 4.42 Å². The highest BCUT2D eigenvalue weighted by Gasteiger charge is 2.07. The average molecular weight is 246 g/mol. The lowest BCUT2D eigenvalue weighted by molar-refractivity contribution is 0.490. The van der Waals surface area contributed by atoms with E-state index >= 15 is 0 Å². The third-order valence-corrected chi connectivity index (χ3v) is 2.52. The van der Waals surface area contributed by atoms with Gasteiger partial charge in [0.25, 0.3) is 0 Å². The van der Waals surface area contributed by atoms with E-state index in [9.17, 15) is 0 Å². The second-order valence-electron chi connectivity index (χ2n) is 4.56. The first kappa shape index (κ1) is 12.4. The average Bonchev–Trinajstić information content (AvgIpc) is 2.72. The number of nitrogens with two attached hydrogens (primary N) is 1. The molecule has 2 rings (SSSR count). The minimum atomic E-state index is 0.250. The normalized spacial score (nSPS) is 10.9. The lowest BCUT2D eigenvalue weighted by Crippen LogP contribution is -2.07. The number of nitrogen functional groups attached to an aromatic ring is 1. The van der Waals surface area contributed by atoms with Crippen LogP contribution < -0.4 is 11.1 Å². The van der Waals surface area contributed by atoms with Gasteiger partial charge in [0.05, 0.1) is 6.54 Å². The monoisotopic (exact) mass is 246 g/mol. The van der Waals surface area contributed by atoms with Crippen molar-refractivity contribution in [3.05, 3.63) is 35.5 Å². The Labute approximate surface area is 106 Å². The van der Waals surface area contributed by atoms with Gasteiger partial charge in [-0.25, -0.2) is 9.97 Å². The van der Waals surface area contributed by atoms with Gasteiger partial charge in [-0.3, -0.25) is 0 Å². The Hall–Kier alpha value is -2.04. The van der Waals surface area contributed by atoms with Gasteiger partial charge in [-0.05, 0) is 19.1 Å². The smallest absolute Gasteiger partial charge is 0.135 e. The predicted octanol–water partition coefficient (Wildman–Crippen LogP) is 2.70. The number of rotatable bonds is 4. The molecule has 96 valence electrons. The number of aromatic nitrogens is 2. The van der Waals surface area contributed by atoms with Gasteiger partial charge in [0, 0.05) is 12.0 Å². The molecule has 0 aliphatic heterocycles. The van der Waals surface area contributed by atoms with Crippen molar-refractivity contribution >= 4 is 11.6 Å². The van der Waals surface area contributed by atoms with Crippen molar-refractivity contribution in [3.63, 3.8) is 0 Å². The predicted molar refractivity (Wildman–Crippen MR) is 71.3 cm³/mol. The molecule has 0 amide bonds. The van der Waals surface area contributed by atoms with E-state index in [0.717, 1.165) is 23.2 Å². The van der Waals surface area contributed by atoms with Crippen LogP contribution in [0.4, 0.5) is 11.6 Å². The molecule has 2 aromatic heterocycles. The number of nitrogens with one attached hydrogen (secondary N) is 1. The summed E-state index contributed by atoms with van der Waals surface area (Å²) in [5, 5.41) is 3.19. The van der Waals surface area contributed by atoms with Gasteiger partial charge in [0.1, 0.15) is 29.0 Å². The quantitative estimate of drug-likeness (QED) is 0.867. The molecule has 0 aromatic carbocycles. The van der Waals surface area contributed by atoms with Crippen LogP contribution in [0.1, 0.15) is 37.1 Å². The Kier molecular flexibility index (Phi) is 3.50. The molecule has 0 aliphatic rings. The Morgan fingerprint density at radius 1 is 1.33 bits per heavy atom. The molecule has 2 heterocycles. The molecule has 0 spiro atoms. The van der Waals surface area contributed by atoms with Crippen LogP contribution in [0.25, 0.3) is 0 Å². The molecule has 5 heteroatoms. The summed E-state index contributed by atoms with van der Waals surface area (Å²) in [4.78, 5) is 8.61. The molecular weight excluding hydrogens is 228 g/mol. The van der Waals surface area contributed by atoms with E-state index in [-0.39, 0.29) is 5.92 Å². The lowest BCUT2D eigenvalue weighted by atomic mass is 10.2. The van der Waals surface area contributed by atoms with Crippen LogP contribution in [0.5, 0.6) is 0 Å². The highest BCUT2D eigenvalue weighted by atomic mass is 16.3. The molecule has 3 N–H and O–H groups in total. The summed E-state index contributed by atoms with van der Waals surface area (Å²) < 4.78 is 5.48. The molecule has 0 atom stereocenters. The van der Waals surface area contributed by atoms with Gasteiger partial charge < -0.3 is 15.5 Å². The first-order chi connectivity index (χ1) is 8.54. The first-order valence-corrected chi connectivity index (χ1v) is 5.98. The van der Waals surface area contributed by atoms with Crippen molar-refractivity contribution in [3.8, 4) is 0 Å². The van der Waals surface area contributed by atoms with Gasteiger partial charge >= 0.3 is 0 Å². The lowest BCUT2D eigenvalue weighted by Gasteiger charge is -2.09. The molecule has 0 saturated carbocycles. The maximum Gasteiger partial charge on any atom is 0.135 e. The van der Waals surface area contributed by atoms with Crippen LogP contribution in [-0.4, -0.2) is 9.97 Å². The number of aryl methyl sites for hydroxylation is 1. The summed E-state index contributed by atoms with van der Waals surface area (Å²) in [7, 11) is 0. The highest BCUT2D eigenvalue weighted by Crippen LogP contribution is 2.16. The molecule has 0 unspecified atom stereocenters. The van der Waals surface area contributed by atoms with Crippen LogP contribution in [0.15, 0.2) is 22.6 Å². The third-order valence-electron chi connectivity index (χ3n) is 2.52. The summed E-state index contributed by atoms with van der Waals surface area (Å²) in [6, 6.07) is 5.60. The zero-order valence-electron chi connectivity index (χ0n) is 10.9. The van der Waals surface area contributed by atoms with Crippen LogP contribution in [-0.2, 0) is 6.54 Å². The van der Waals surface area contributed by atoms with Crippen LogP contribution in [0.3, 0.4) is 0 Å². The second kappa shape index (κ2) is 5.08. The molecular formula is C13H18N4O. The molecule has 5 nitrogen and oxygen atoms in total. The van der Waals surface area contributed by atoms with Crippen molar-refractivity contribution in [2.24, 2.45) is 0 Å². The second-order valence-corrected chi connectivity index (χ2v) is 4.56. The largest absolute Gasteiger partial charge is 0.465 e. The Bertz CT molecular complexity index is 534. The fourth-order valence-electron chi connectivity index (χ4n) is 1.59. The van der Waals surface area contributed by atoms with E-state index in [1.807, 2.05) is 32.9 Å². The minimum absolute atomic E-state index is 0.250. The van der Waals surface area contributed by atoms with Crippen molar-refractivity contribution in [1.82, 2.24) is 9.97 Å². The summed E-state index contributed by atoms with van der Waals surface area (Å²) in [5.41, 5.74) is 5.76. The van der Waals surface area contributed by atoms with Crippen LogP contribution in [0, 0.1) is 6.92 Å². The van der Waals surface area contributed by atoms with Gasteiger partial charge in [-0.1, -0.05) is 13.8 Å². The first-order valence-electron chi connectivity index (χ1n) is 5.98. The SMILES string of the molecule is Cc1ccc(CNc2cc(N)nc(C(C)C)n2)o1. The van der Waals surface area contributed by atoms with E-state index in [2.05, 4.69) is 15.3 Å². The number of furan rings is 1. The molecule has 0 saturated heterocycles. The van der Waals surface area contributed by atoms with E-state index in [4.69, 9.17) is 10.2 Å². The van der Waals surface area contributed by atoms with E-state index in [1.54, 1.807) is 6.07 Å². The number of anilines is 2. The van der Waals surface area contributed by atoms with Gasteiger partial charge in [0.15, 0.2) is 0 Å². The fraction of sp³-hybridized carbons (Fsp3) is 0.385. The van der Waals surface area contributed by atoms with Crippen molar-refractivity contribution in [2.45, 2.75) is 33.2 Å². The molecule has 0 bridgehead atoms. The summed E-state index contributed by atoms with van der Waals surface area (Å²) >= 11 is 0. The molecule has 18 heavy (non-hydrogen) atoms. The molecule has 0 aliphatic carbocycles. The molecule has 0 radical (unpaired) electrons. The fourth-order valence-corrected chi connectivity index (χ4v) is 1.59. The standard InChI is InChI=1S/C13H18N4O/c1-8(2)13-16-11(14)6-12(17-13)15-7-10-5-4-9(3)18-10/h4-6,8H,7H2,1-3H3,(H3,14,15,16,17). The Morgan fingerprint density at radius 2 is 2.11 bits per heavy atom. The number of hydrogen-bond donors (Lipinski definition) is 2. The van der Waals surface area contributed by atoms with Crippen molar-refractivity contribution in [2.75, 3.05) is 11.1 Å². The number of nitrogens with zero attached hydrogens (tertiary/aromatic N) is 2. The Balaban J connectivity index is 2.09. The molecule has 0 fully saturated rings. The zero-order valence-corrected chi connectivity index (χ0v) is 10.9. The summed E-state index contributed by atoms with van der Waals surface area (Å²) in [6.45, 7) is 6.58. The van der Waals surface area contributed by atoms with Gasteiger partial charge in [0.2, 0.25) is 0 Å². The maximum absolute atomic E-state index is 5.76. The molecule has 2 aromatic rings. The third kappa shape index (κ3) is 3.00. The van der Waals surface area contributed by atoms with Crippen LogP contribution in [0.2, 0.25) is 0 Å². The summed E-state index contributed by atoms with van der Waals surface area (Å²) in [5.74, 6) is 3.97. The summed E-state index contributed by atoms with van der Waals surface area (Å²) in [6.07, 6.45) is 0.